The molecule has 2 saturated carbocycles. The van der Waals surface area contributed by atoms with Crippen molar-refractivity contribution in [2.24, 2.45) is 23.2 Å². The van der Waals surface area contributed by atoms with Gasteiger partial charge in [0.25, 0.3) is 0 Å². The second-order valence-corrected chi connectivity index (χ2v) is 8.29. The molecule has 0 aliphatic heterocycles. The number of ether oxygens (including phenoxy) is 1. The standard InChI is InChI=1S/C20H30O2/c1-20-11-10-16-15-9-7-14(22-2)12-13(15)6-8-17(16)18(20)4-3-5-19(20)21/h7,16-19,21H,3-6,8-12H2,1-2H3. The third-order valence-electron chi connectivity index (χ3n) is 7.51. The Bertz CT molecular complexity index is 518. The zero-order valence-corrected chi connectivity index (χ0v) is 14.1. The maximum absolute atomic E-state index is 10.6. The van der Waals surface area contributed by atoms with Crippen LogP contribution in [0, 0.1) is 23.2 Å². The molecule has 4 aliphatic carbocycles. The lowest BCUT2D eigenvalue weighted by Crippen LogP contribution is -2.51. The molecule has 1 N–H and O–H groups in total. The van der Waals surface area contributed by atoms with Crippen LogP contribution in [0.3, 0.4) is 0 Å². The summed E-state index contributed by atoms with van der Waals surface area (Å²) in [7, 11) is 1.80. The minimum Gasteiger partial charge on any atom is -0.501 e. The Balaban J connectivity index is 1.60. The van der Waals surface area contributed by atoms with Gasteiger partial charge in [-0.25, -0.2) is 0 Å². The summed E-state index contributed by atoms with van der Waals surface area (Å²) in [5.41, 5.74) is 3.62. The second kappa shape index (κ2) is 5.40. The molecule has 0 aromatic rings. The number of aliphatic hydroxyl groups excluding tert-OH is 1. The normalized spacial score (nSPS) is 44.6. The van der Waals surface area contributed by atoms with Crippen LogP contribution in [0.5, 0.6) is 0 Å². The molecule has 122 valence electrons. The molecule has 0 amide bonds. The Hall–Kier alpha value is -0.760. The van der Waals surface area contributed by atoms with Gasteiger partial charge in [0.2, 0.25) is 0 Å². The summed E-state index contributed by atoms with van der Waals surface area (Å²) >= 11 is 0. The molecule has 0 bridgehead atoms. The molecule has 0 saturated heterocycles. The molecule has 22 heavy (non-hydrogen) atoms. The maximum atomic E-state index is 10.6. The second-order valence-electron chi connectivity index (χ2n) is 8.29. The molecule has 0 spiro atoms. The molecule has 5 atom stereocenters. The van der Waals surface area contributed by atoms with Crippen molar-refractivity contribution in [1.29, 1.82) is 0 Å². The number of aliphatic hydroxyl groups is 1. The summed E-state index contributed by atoms with van der Waals surface area (Å²) in [6.45, 7) is 2.38. The molecule has 2 heteroatoms. The SMILES string of the molecule is COC1=CCC2=C(CCC3C2CCC2(C)C(O)CCCC32)C1. The smallest absolute Gasteiger partial charge is 0.0959 e. The molecule has 0 radical (unpaired) electrons. The van der Waals surface area contributed by atoms with E-state index in [9.17, 15) is 5.11 Å². The molecule has 2 fully saturated rings. The van der Waals surface area contributed by atoms with E-state index >= 15 is 0 Å². The zero-order valence-electron chi connectivity index (χ0n) is 14.1. The van der Waals surface area contributed by atoms with E-state index in [4.69, 9.17) is 4.74 Å². The van der Waals surface area contributed by atoms with Crippen molar-refractivity contribution in [1.82, 2.24) is 0 Å². The number of hydrogen-bond donors (Lipinski definition) is 1. The lowest BCUT2D eigenvalue weighted by atomic mass is 9.49. The van der Waals surface area contributed by atoms with Crippen LogP contribution < -0.4 is 0 Å². The fourth-order valence-corrected chi connectivity index (χ4v) is 6.21. The van der Waals surface area contributed by atoms with Gasteiger partial charge in [0.15, 0.2) is 0 Å². The lowest BCUT2D eigenvalue weighted by Gasteiger charge is -2.56. The Morgan fingerprint density at radius 3 is 2.91 bits per heavy atom. The van der Waals surface area contributed by atoms with Crippen molar-refractivity contribution in [2.75, 3.05) is 7.11 Å². The molecule has 4 aliphatic rings. The maximum Gasteiger partial charge on any atom is 0.0959 e. The van der Waals surface area contributed by atoms with Gasteiger partial charge in [-0.05, 0) is 74.2 Å². The summed E-state index contributed by atoms with van der Waals surface area (Å²) in [5.74, 6) is 3.54. The van der Waals surface area contributed by atoms with Crippen LogP contribution in [0.4, 0.5) is 0 Å². The van der Waals surface area contributed by atoms with Crippen LogP contribution in [0.25, 0.3) is 0 Å². The number of methoxy groups -OCH3 is 1. The number of fused-ring (bicyclic) bond motifs is 4. The highest BCUT2D eigenvalue weighted by Crippen LogP contribution is 2.59. The molecular formula is C20H30O2. The van der Waals surface area contributed by atoms with E-state index in [1.165, 1.54) is 44.3 Å². The molecule has 0 heterocycles. The Labute approximate surface area is 134 Å². The summed E-state index contributed by atoms with van der Waals surface area (Å²) in [4.78, 5) is 0. The monoisotopic (exact) mass is 302 g/mol. The molecular weight excluding hydrogens is 272 g/mol. The minimum atomic E-state index is -0.0612. The van der Waals surface area contributed by atoms with Gasteiger partial charge in [0.1, 0.15) is 0 Å². The average Bonchev–Trinajstić information content (AvgIpc) is 2.55. The van der Waals surface area contributed by atoms with E-state index in [0.29, 0.717) is 0 Å². The number of allylic oxidation sites excluding steroid dienone is 3. The molecule has 0 aromatic heterocycles. The fourth-order valence-electron chi connectivity index (χ4n) is 6.21. The van der Waals surface area contributed by atoms with Crippen molar-refractivity contribution < 1.29 is 9.84 Å². The Kier molecular flexibility index (Phi) is 3.64. The van der Waals surface area contributed by atoms with E-state index < -0.39 is 0 Å². The predicted octanol–water partition coefficient (Wildman–Crippen LogP) is 4.59. The first kappa shape index (κ1) is 14.8. The van der Waals surface area contributed by atoms with Gasteiger partial charge >= 0.3 is 0 Å². The van der Waals surface area contributed by atoms with E-state index in [1.54, 1.807) is 18.3 Å². The van der Waals surface area contributed by atoms with Gasteiger partial charge in [0, 0.05) is 6.42 Å². The topological polar surface area (TPSA) is 29.5 Å². The van der Waals surface area contributed by atoms with E-state index in [2.05, 4.69) is 13.0 Å². The van der Waals surface area contributed by atoms with E-state index in [1.807, 2.05) is 0 Å². The summed E-state index contributed by atoms with van der Waals surface area (Å²) < 4.78 is 5.49. The first-order valence-corrected chi connectivity index (χ1v) is 9.25. The van der Waals surface area contributed by atoms with Crippen LogP contribution in [0.15, 0.2) is 23.0 Å². The summed E-state index contributed by atoms with van der Waals surface area (Å²) in [6.07, 6.45) is 13.1. The number of hydrogen-bond acceptors (Lipinski definition) is 2. The van der Waals surface area contributed by atoms with Crippen LogP contribution in [0.1, 0.15) is 64.7 Å². The van der Waals surface area contributed by atoms with Gasteiger partial charge in [-0.3, -0.25) is 0 Å². The third-order valence-corrected chi connectivity index (χ3v) is 7.51. The Morgan fingerprint density at radius 1 is 1.23 bits per heavy atom. The average molecular weight is 302 g/mol. The molecule has 0 aromatic carbocycles. The summed E-state index contributed by atoms with van der Waals surface area (Å²) in [5, 5.41) is 10.6. The Morgan fingerprint density at radius 2 is 2.09 bits per heavy atom. The van der Waals surface area contributed by atoms with Gasteiger partial charge in [-0.2, -0.15) is 0 Å². The molecule has 4 rings (SSSR count). The van der Waals surface area contributed by atoms with Crippen molar-refractivity contribution in [3.63, 3.8) is 0 Å². The first-order chi connectivity index (χ1) is 10.6. The van der Waals surface area contributed by atoms with Crippen molar-refractivity contribution >= 4 is 0 Å². The zero-order chi connectivity index (χ0) is 15.3. The largest absolute Gasteiger partial charge is 0.501 e. The summed E-state index contributed by atoms with van der Waals surface area (Å²) in [6, 6.07) is 0. The highest BCUT2D eigenvalue weighted by Gasteiger charge is 2.52. The van der Waals surface area contributed by atoms with E-state index in [0.717, 1.165) is 37.0 Å². The quantitative estimate of drug-likeness (QED) is 0.718. The van der Waals surface area contributed by atoms with Gasteiger partial charge in [0.05, 0.1) is 19.0 Å². The van der Waals surface area contributed by atoms with Crippen molar-refractivity contribution in [3.05, 3.63) is 23.0 Å². The van der Waals surface area contributed by atoms with Crippen LogP contribution >= 0.6 is 0 Å². The predicted molar refractivity (Wildman–Crippen MR) is 88.3 cm³/mol. The van der Waals surface area contributed by atoms with Crippen molar-refractivity contribution in [3.8, 4) is 0 Å². The molecule has 5 unspecified atom stereocenters. The van der Waals surface area contributed by atoms with Crippen LogP contribution in [-0.2, 0) is 4.74 Å². The van der Waals surface area contributed by atoms with Crippen LogP contribution in [-0.4, -0.2) is 18.3 Å². The van der Waals surface area contributed by atoms with Gasteiger partial charge < -0.3 is 9.84 Å². The van der Waals surface area contributed by atoms with E-state index in [-0.39, 0.29) is 11.5 Å². The highest BCUT2D eigenvalue weighted by atomic mass is 16.5. The third kappa shape index (κ3) is 2.10. The van der Waals surface area contributed by atoms with Crippen molar-refractivity contribution in [2.45, 2.75) is 70.8 Å². The first-order valence-electron chi connectivity index (χ1n) is 9.25. The highest BCUT2D eigenvalue weighted by molar-refractivity contribution is 5.32. The van der Waals surface area contributed by atoms with Gasteiger partial charge in [-0.1, -0.05) is 24.5 Å². The number of rotatable bonds is 1. The van der Waals surface area contributed by atoms with Crippen LogP contribution in [0.2, 0.25) is 0 Å². The lowest BCUT2D eigenvalue weighted by molar-refractivity contribution is -0.104. The van der Waals surface area contributed by atoms with Gasteiger partial charge in [-0.15, -0.1) is 0 Å². The fraction of sp³-hybridized carbons (Fsp3) is 0.800. The molecule has 2 nitrogen and oxygen atoms in total. The minimum absolute atomic E-state index is 0.0612.